The van der Waals surface area contributed by atoms with Gasteiger partial charge in [0.25, 0.3) is 0 Å². The Labute approximate surface area is 156 Å². The maximum absolute atomic E-state index is 12.3. The Morgan fingerprint density at radius 2 is 2.00 bits per heavy atom. The number of thioether (sulfide) groups is 1. The Morgan fingerprint density at radius 3 is 2.65 bits per heavy atom. The minimum Gasteiger partial charge on any atom is -0.497 e. The number of benzene rings is 1. The van der Waals surface area contributed by atoms with Crippen molar-refractivity contribution >= 4 is 17.7 Å². The van der Waals surface area contributed by atoms with E-state index in [4.69, 9.17) is 9.47 Å². The molecule has 0 N–H and O–H groups in total. The quantitative estimate of drug-likeness (QED) is 0.754. The second kappa shape index (κ2) is 8.70. The van der Waals surface area contributed by atoms with Gasteiger partial charge in [0.1, 0.15) is 16.8 Å². The van der Waals surface area contributed by atoms with Crippen LogP contribution in [-0.4, -0.2) is 55.0 Å². The Bertz CT molecular complexity index is 812. The lowest BCUT2D eigenvalue weighted by Crippen LogP contribution is -2.41. The SMILES string of the molecule is COc1ccc(-c2ccc(C#N)c(SCC(=O)N3CCOCC3)n2)cc1. The summed E-state index contributed by atoms with van der Waals surface area (Å²) in [4.78, 5) is 18.7. The summed E-state index contributed by atoms with van der Waals surface area (Å²) < 4.78 is 10.4. The number of ether oxygens (including phenoxy) is 2. The van der Waals surface area contributed by atoms with Gasteiger partial charge in [0.2, 0.25) is 5.91 Å². The second-order valence-electron chi connectivity index (χ2n) is 5.67. The molecule has 1 amide bonds. The summed E-state index contributed by atoms with van der Waals surface area (Å²) in [7, 11) is 1.62. The van der Waals surface area contributed by atoms with Crippen LogP contribution in [0.15, 0.2) is 41.4 Å². The molecular weight excluding hydrogens is 350 g/mol. The zero-order valence-electron chi connectivity index (χ0n) is 14.5. The van der Waals surface area contributed by atoms with Crippen LogP contribution in [0.25, 0.3) is 11.3 Å². The van der Waals surface area contributed by atoms with Gasteiger partial charge in [0.05, 0.1) is 37.3 Å². The number of hydrogen-bond acceptors (Lipinski definition) is 6. The number of pyridine rings is 1. The molecule has 0 atom stereocenters. The number of methoxy groups -OCH3 is 1. The van der Waals surface area contributed by atoms with Crippen molar-refractivity contribution in [3.05, 3.63) is 42.0 Å². The summed E-state index contributed by atoms with van der Waals surface area (Å²) in [6.07, 6.45) is 0. The van der Waals surface area contributed by atoms with E-state index in [1.165, 1.54) is 11.8 Å². The highest BCUT2D eigenvalue weighted by molar-refractivity contribution is 8.00. The maximum atomic E-state index is 12.3. The van der Waals surface area contributed by atoms with Gasteiger partial charge in [0.15, 0.2) is 0 Å². The van der Waals surface area contributed by atoms with Gasteiger partial charge < -0.3 is 14.4 Å². The third-order valence-corrected chi connectivity index (χ3v) is 5.04. The lowest BCUT2D eigenvalue weighted by Gasteiger charge is -2.26. The predicted octanol–water partition coefficient (Wildman–Crippen LogP) is 2.58. The van der Waals surface area contributed by atoms with E-state index in [1.54, 1.807) is 18.1 Å². The zero-order chi connectivity index (χ0) is 18.4. The molecule has 0 aliphatic carbocycles. The largest absolute Gasteiger partial charge is 0.497 e. The van der Waals surface area contributed by atoms with Crippen molar-refractivity contribution < 1.29 is 14.3 Å². The van der Waals surface area contributed by atoms with Crippen molar-refractivity contribution in [1.29, 1.82) is 5.26 Å². The highest BCUT2D eigenvalue weighted by atomic mass is 32.2. The van der Waals surface area contributed by atoms with Gasteiger partial charge in [-0.15, -0.1) is 0 Å². The molecule has 1 fully saturated rings. The van der Waals surface area contributed by atoms with Crippen LogP contribution in [0.1, 0.15) is 5.56 Å². The van der Waals surface area contributed by atoms with E-state index in [1.807, 2.05) is 30.3 Å². The number of nitrogens with zero attached hydrogens (tertiary/aromatic N) is 3. The third-order valence-electron chi connectivity index (χ3n) is 4.06. The van der Waals surface area contributed by atoms with Crippen molar-refractivity contribution in [1.82, 2.24) is 9.88 Å². The molecule has 1 aromatic heterocycles. The number of nitriles is 1. The molecule has 0 radical (unpaired) electrons. The monoisotopic (exact) mass is 369 g/mol. The molecule has 2 heterocycles. The van der Waals surface area contributed by atoms with Gasteiger partial charge in [0, 0.05) is 18.7 Å². The highest BCUT2D eigenvalue weighted by Crippen LogP contribution is 2.26. The summed E-state index contributed by atoms with van der Waals surface area (Å²) >= 11 is 1.30. The van der Waals surface area contributed by atoms with Gasteiger partial charge in [-0.2, -0.15) is 5.26 Å². The zero-order valence-corrected chi connectivity index (χ0v) is 15.3. The molecule has 0 bridgehead atoms. The van der Waals surface area contributed by atoms with E-state index in [0.717, 1.165) is 17.0 Å². The molecule has 1 aliphatic heterocycles. The molecule has 6 nitrogen and oxygen atoms in total. The Hall–Kier alpha value is -2.56. The lowest BCUT2D eigenvalue weighted by atomic mass is 10.1. The molecule has 1 aliphatic rings. The van der Waals surface area contributed by atoms with Crippen LogP contribution >= 0.6 is 11.8 Å². The van der Waals surface area contributed by atoms with Crippen molar-refractivity contribution in [3.8, 4) is 23.1 Å². The summed E-state index contributed by atoms with van der Waals surface area (Å²) in [5, 5.41) is 9.90. The van der Waals surface area contributed by atoms with Crippen molar-refractivity contribution in [2.24, 2.45) is 0 Å². The van der Waals surface area contributed by atoms with Crippen molar-refractivity contribution in [2.75, 3.05) is 39.2 Å². The molecule has 7 heteroatoms. The first-order valence-electron chi connectivity index (χ1n) is 8.25. The predicted molar refractivity (Wildman–Crippen MR) is 99.1 cm³/mol. The molecular formula is C19H19N3O3S. The van der Waals surface area contributed by atoms with E-state index in [0.29, 0.717) is 36.9 Å². The van der Waals surface area contributed by atoms with Crippen LogP contribution in [0.5, 0.6) is 5.75 Å². The fraction of sp³-hybridized carbons (Fsp3) is 0.316. The molecule has 2 aromatic rings. The number of morpholine rings is 1. The molecule has 0 spiro atoms. The van der Waals surface area contributed by atoms with E-state index < -0.39 is 0 Å². The Balaban J connectivity index is 1.74. The van der Waals surface area contributed by atoms with Gasteiger partial charge in [-0.1, -0.05) is 11.8 Å². The van der Waals surface area contributed by atoms with E-state index in [-0.39, 0.29) is 11.7 Å². The van der Waals surface area contributed by atoms with Crippen LogP contribution < -0.4 is 4.74 Å². The first-order valence-corrected chi connectivity index (χ1v) is 9.23. The molecule has 26 heavy (non-hydrogen) atoms. The number of carbonyl (C=O) groups excluding carboxylic acids is 1. The van der Waals surface area contributed by atoms with Crippen LogP contribution in [0.3, 0.4) is 0 Å². The summed E-state index contributed by atoms with van der Waals surface area (Å²) in [5.41, 5.74) is 2.16. The minimum atomic E-state index is 0.0406. The number of amides is 1. The number of hydrogen-bond donors (Lipinski definition) is 0. The average molecular weight is 369 g/mol. The summed E-state index contributed by atoms with van der Waals surface area (Å²) in [6, 6.07) is 13.3. The smallest absolute Gasteiger partial charge is 0.233 e. The van der Waals surface area contributed by atoms with Crippen LogP contribution in [0.2, 0.25) is 0 Å². The third kappa shape index (κ3) is 4.34. The first-order chi connectivity index (χ1) is 12.7. The Kier molecular flexibility index (Phi) is 6.10. The molecule has 0 unspecified atom stereocenters. The molecule has 3 rings (SSSR count). The van der Waals surface area contributed by atoms with Crippen LogP contribution in [0, 0.1) is 11.3 Å². The minimum absolute atomic E-state index is 0.0406. The second-order valence-corrected chi connectivity index (χ2v) is 6.64. The standard InChI is InChI=1S/C19H19N3O3S/c1-24-16-5-2-14(3-6-16)17-7-4-15(12-20)19(21-17)26-13-18(23)22-8-10-25-11-9-22/h2-7H,8-11,13H2,1H3. The van der Waals surface area contributed by atoms with Crippen LogP contribution in [-0.2, 0) is 9.53 Å². The molecule has 134 valence electrons. The van der Waals surface area contributed by atoms with Crippen LogP contribution in [0.4, 0.5) is 0 Å². The molecule has 1 aromatic carbocycles. The van der Waals surface area contributed by atoms with Gasteiger partial charge in [-0.25, -0.2) is 4.98 Å². The topological polar surface area (TPSA) is 75.5 Å². The van der Waals surface area contributed by atoms with Gasteiger partial charge in [-0.05, 0) is 36.4 Å². The average Bonchev–Trinajstić information content (AvgIpc) is 2.72. The van der Waals surface area contributed by atoms with Crippen molar-refractivity contribution in [2.45, 2.75) is 5.03 Å². The maximum Gasteiger partial charge on any atom is 0.233 e. The molecule has 1 saturated heterocycles. The van der Waals surface area contributed by atoms with E-state index in [2.05, 4.69) is 11.1 Å². The lowest BCUT2D eigenvalue weighted by molar-refractivity contribution is -0.132. The fourth-order valence-corrected chi connectivity index (χ4v) is 3.47. The number of carbonyl (C=O) groups is 1. The van der Waals surface area contributed by atoms with E-state index >= 15 is 0 Å². The Morgan fingerprint density at radius 1 is 1.27 bits per heavy atom. The van der Waals surface area contributed by atoms with Gasteiger partial charge in [-0.3, -0.25) is 4.79 Å². The summed E-state index contributed by atoms with van der Waals surface area (Å²) in [6.45, 7) is 2.38. The number of rotatable bonds is 5. The van der Waals surface area contributed by atoms with E-state index in [9.17, 15) is 10.1 Å². The number of aromatic nitrogens is 1. The molecule has 0 saturated carbocycles. The van der Waals surface area contributed by atoms with Gasteiger partial charge >= 0.3 is 0 Å². The summed E-state index contributed by atoms with van der Waals surface area (Å²) in [5.74, 6) is 1.07. The highest BCUT2D eigenvalue weighted by Gasteiger charge is 2.18. The van der Waals surface area contributed by atoms with Crippen molar-refractivity contribution in [3.63, 3.8) is 0 Å². The normalized spacial score (nSPS) is 13.9. The fourth-order valence-electron chi connectivity index (χ4n) is 2.59. The first kappa shape index (κ1) is 18.2.